The number of hydrogen-bond acceptors (Lipinski definition) is 5. The third-order valence-electron chi connectivity index (χ3n) is 3.63. The summed E-state index contributed by atoms with van der Waals surface area (Å²) < 4.78 is 11.0. The van der Waals surface area contributed by atoms with Crippen LogP contribution in [0.4, 0.5) is 0 Å². The van der Waals surface area contributed by atoms with Crippen molar-refractivity contribution in [3.8, 4) is 0 Å². The zero-order valence-corrected chi connectivity index (χ0v) is 11.4. The number of amides is 1. The number of carbonyl (C=O) groups excluding carboxylic acids is 1. The van der Waals surface area contributed by atoms with Crippen LogP contribution in [0.15, 0.2) is 16.5 Å². The zero-order valence-electron chi connectivity index (χ0n) is 11.4. The van der Waals surface area contributed by atoms with Gasteiger partial charge in [0.1, 0.15) is 5.76 Å². The number of likely N-dealkylation sites (tertiary alicyclic amines) is 1. The lowest BCUT2D eigenvalue weighted by Gasteiger charge is -2.39. The number of methoxy groups -OCH3 is 1. The van der Waals surface area contributed by atoms with E-state index in [-0.39, 0.29) is 11.4 Å². The second-order valence-electron chi connectivity index (χ2n) is 5.21. The summed E-state index contributed by atoms with van der Waals surface area (Å²) in [5.41, 5.74) is 1.96. The molecule has 2 rings (SSSR count). The Morgan fingerprint density at radius 1 is 1.63 bits per heavy atom. The summed E-state index contributed by atoms with van der Waals surface area (Å²) in [7, 11) is 1.75. The van der Waals surface area contributed by atoms with Gasteiger partial charge in [-0.25, -0.2) is 5.84 Å². The molecule has 0 saturated carbocycles. The molecule has 3 N–H and O–H groups in total. The molecule has 1 fully saturated rings. The number of nitrogen functional groups attached to an aromatic ring is 1. The van der Waals surface area contributed by atoms with Crippen molar-refractivity contribution in [2.45, 2.75) is 31.9 Å². The van der Waals surface area contributed by atoms with Crippen LogP contribution in [0.5, 0.6) is 0 Å². The molecule has 19 heavy (non-hydrogen) atoms. The van der Waals surface area contributed by atoms with Crippen LogP contribution >= 0.6 is 0 Å². The van der Waals surface area contributed by atoms with E-state index in [0.29, 0.717) is 6.54 Å². The van der Waals surface area contributed by atoms with Crippen molar-refractivity contribution in [2.24, 2.45) is 5.84 Å². The second-order valence-corrected chi connectivity index (χ2v) is 5.21. The lowest BCUT2D eigenvalue weighted by Crippen LogP contribution is -2.46. The SMILES string of the molecule is COC1(C)CCCN(Cc2ccc(C(=O)NN)o2)C1. The van der Waals surface area contributed by atoms with E-state index in [1.54, 1.807) is 13.2 Å². The molecule has 1 amide bonds. The number of hydrazine groups is 1. The minimum absolute atomic E-state index is 0.0949. The second kappa shape index (κ2) is 5.73. The predicted molar refractivity (Wildman–Crippen MR) is 70.3 cm³/mol. The number of nitrogens with zero attached hydrogens (tertiary/aromatic N) is 1. The van der Waals surface area contributed by atoms with Crippen LogP contribution < -0.4 is 11.3 Å². The average Bonchev–Trinajstić information content (AvgIpc) is 2.86. The Balaban J connectivity index is 1.97. The van der Waals surface area contributed by atoms with E-state index in [1.807, 2.05) is 6.07 Å². The highest BCUT2D eigenvalue weighted by Crippen LogP contribution is 2.25. The lowest BCUT2D eigenvalue weighted by molar-refractivity contribution is -0.0539. The summed E-state index contributed by atoms with van der Waals surface area (Å²) in [4.78, 5) is 13.6. The van der Waals surface area contributed by atoms with Crippen LogP contribution in [-0.4, -0.2) is 36.6 Å². The van der Waals surface area contributed by atoms with E-state index in [1.165, 1.54) is 0 Å². The van der Waals surface area contributed by atoms with Crippen molar-refractivity contribution in [3.05, 3.63) is 23.7 Å². The quantitative estimate of drug-likeness (QED) is 0.481. The molecule has 2 heterocycles. The smallest absolute Gasteiger partial charge is 0.300 e. The molecule has 1 saturated heterocycles. The Morgan fingerprint density at radius 2 is 2.42 bits per heavy atom. The van der Waals surface area contributed by atoms with Gasteiger partial charge in [-0.1, -0.05) is 0 Å². The van der Waals surface area contributed by atoms with Crippen molar-refractivity contribution >= 4 is 5.91 Å². The van der Waals surface area contributed by atoms with Gasteiger partial charge in [-0.3, -0.25) is 15.1 Å². The van der Waals surface area contributed by atoms with Crippen LogP contribution in [0, 0.1) is 0 Å². The molecule has 0 radical (unpaired) electrons. The fraction of sp³-hybridized carbons (Fsp3) is 0.615. The van der Waals surface area contributed by atoms with Gasteiger partial charge in [-0.15, -0.1) is 0 Å². The summed E-state index contributed by atoms with van der Waals surface area (Å²) >= 11 is 0. The van der Waals surface area contributed by atoms with Crippen LogP contribution in [0.2, 0.25) is 0 Å². The summed E-state index contributed by atoms with van der Waals surface area (Å²) in [5, 5.41) is 0. The zero-order chi connectivity index (χ0) is 13.9. The molecule has 1 aliphatic heterocycles. The number of furan rings is 1. The molecule has 0 spiro atoms. The Morgan fingerprint density at radius 3 is 3.11 bits per heavy atom. The van der Waals surface area contributed by atoms with Gasteiger partial charge in [-0.2, -0.15) is 0 Å². The molecule has 106 valence electrons. The van der Waals surface area contributed by atoms with Gasteiger partial charge in [0, 0.05) is 13.7 Å². The van der Waals surface area contributed by atoms with E-state index < -0.39 is 5.91 Å². The number of hydrogen-bond donors (Lipinski definition) is 2. The normalized spacial score (nSPS) is 24.4. The number of rotatable bonds is 4. The largest absolute Gasteiger partial charge is 0.455 e. The first-order chi connectivity index (χ1) is 9.06. The maximum Gasteiger partial charge on any atom is 0.300 e. The lowest BCUT2D eigenvalue weighted by atomic mass is 9.95. The summed E-state index contributed by atoms with van der Waals surface area (Å²) in [5.74, 6) is 5.66. The van der Waals surface area contributed by atoms with E-state index >= 15 is 0 Å². The predicted octanol–water partition coefficient (Wildman–Crippen LogP) is 0.884. The first kappa shape index (κ1) is 14.0. The van der Waals surface area contributed by atoms with Gasteiger partial charge < -0.3 is 9.15 Å². The van der Waals surface area contributed by atoms with Crippen LogP contribution in [0.25, 0.3) is 0 Å². The first-order valence-electron chi connectivity index (χ1n) is 6.43. The minimum atomic E-state index is -0.411. The van der Waals surface area contributed by atoms with Crippen molar-refractivity contribution in [1.82, 2.24) is 10.3 Å². The maximum absolute atomic E-state index is 11.3. The van der Waals surface area contributed by atoms with E-state index in [9.17, 15) is 4.79 Å². The number of nitrogens with one attached hydrogen (secondary N) is 1. The molecule has 1 aliphatic rings. The Kier molecular flexibility index (Phi) is 4.24. The highest BCUT2D eigenvalue weighted by molar-refractivity contribution is 5.90. The number of carbonyl (C=O) groups is 1. The van der Waals surface area contributed by atoms with E-state index in [0.717, 1.165) is 31.7 Å². The molecule has 1 atom stereocenters. The van der Waals surface area contributed by atoms with Crippen molar-refractivity contribution in [3.63, 3.8) is 0 Å². The molecular formula is C13H21N3O3. The standard InChI is InChI=1S/C13H21N3O3/c1-13(18-2)6-3-7-16(9-13)8-10-4-5-11(19-10)12(17)15-14/h4-5H,3,6-9,14H2,1-2H3,(H,15,17). The van der Waals surface area contributed by atoms with Crippen LogP contribution in [-0.2, 0) is 11.3 Å². The minimum Gasteiger partial charge on any atom is -0.455 e. The third kappa shape index (κ3) is 3.34. The van der Waals surface area contributed by atoms with Crippen molar-refractivity contribution in [1.29, 1.82) is 0 Å². The molecule has 1 aromatic heterocycles. The van der Waals surface area contributed by atoms with Crippen LogP contribution in [0.1, 0.15) is 36.1 Å². The Labute approximate surface area is 112 Å². The highest BCUT2D eigenvalue weighted by atomic mass is 16.5. The van der Waals surface area contributed by atoms with E-state index in [2.05, 4.69) is 17.2 Å². The maximum atomic E-state index is 11.3. The molecular weight excluding hydrogens is 246 g/mol. The molecule has 1 unspecified atom stereocenters. The van der Waals surface area contributed by atoms with E-state index in [4.69, 9.17) is 15.0 Å². The summed E-state index contributed by atoms with van der Waals surface area (Å²) in [6.45, 7) is 4.67. The Hall–Kier alpha value is -1.37. The van der Waals surface area contributed by atoms with Gasteiger partial charge in [-0.05, 0) is 38.4 Å². The summed E-state index contributed by atoms with van der Waals surface area (Å²) in [6, 6.07) is 3.44. The molecule has 0 bridgehead atoms. The fourth-order valence-electron chi connectivity index (χ4n) is 2.49. The molecule has 0 aliphatic carbocycles. The van der Waals surface area contributed by atoms with Crippen LogP contribution in [0.3, 0.4) is 0 Å². The molecule has 0 aromatic carbocycles. The van der Waals surface area contributed by atoms with Gasteiger partial charge in [0.2, 0.25) is 0 Å². The van der Waals surface area contributed by atoms with Gasteiger partial charge >= 0.3 is 5.91 Å². The Bertz CT molecular complexity index is 446. The van der Waals surface area contributed by atoms with Crippen molar-refractivity contribution < 1.29 is 13.9 Å². The van der Waals surface area contributed by atoms with Gasteiger partial charge in [0.05, 0.1) is 12.1 Å². The van der Waals surface area contributed by atoms with Crippen molar-refractivity contribution in [2.75, 3.05) is 20.2 Å². The topological polar surface area (TPSA) is 80.7 Å². The monoisotopic (exact) mass is 267 g/mol. The van der Waals surface area contributed by atoms with Gasteiger partial charge in [0.15, 0.2) is 5.76 Å². The summed E-state index contributed by atoms with van der Waals surface area (Å²) in [6.07, 6.45) is 2.17. The average molecular weight is 267 g/mol. The van der Waals surface area contributed by atoms with Gasteiger partial charge in [0.25, 0.3) is 0 Å². The highest BCUT2D eigenvalue weighted by Gasteiger charge is 2.31. The number of nitrogens with two attached hydrogens (primary N) is 1. The molecule has 1 aromatic rings. The third-order valence-corrected chi connectivity index (χ3v) is 3.63. The molecule has 6 nitrogen and oxygen atoms in total. The first-order valence-corrected chi connectivity index (χ1v) is 6.43. The molecule has 6 heteroatoms. The number of piperidine rings is 1. The number of ether oxygens (including phenoxy) is 1. The fourth-order valence-corrected chi connectivity index (χ4v) is 2.49.